The molecule has 6 nitrogen and oxygen atoms in total. The number of nitrogens with two attached hydrogens (primary N) is 1. The van der Waals surface area contributed by atoms with Gasteiger partial charge in [0.2, 0.25) is 0 Å². The fourth-order valence-electron chi connectivity index (χ4n) is 2.77. The minimum absolute atomic E-state index is 0.0175. The summed E-state index contributed by atoms with van der Waals surface area (Å²) in [6, 6.07) is 3.63. The number of aryl methyl sites for hydroxylation is 1. The molecule has 3 rings (SSSR count). The third-order valence-corrected chi connectivity index (χ3v) is 4.08. The van der Waals surface area contributed by atoms with Crippen LogP contribution in [0.25, 0.3) is 11.2 Å². The van der Waals surface area contributed by atoms with Gasteiger partial charge in [-0.3, -0.25) is 14.3 Å². The van der Waals surface area contributed by atoms with Crippen molar-refractivity contribution >= 4 is 11.2 Å². The zero-order chi connectivity index (χ0) is 14.8. The van der Waals surface area contributed by atoms with Crippen molar-refractivity contribution in [3.63, 3.8) is 0 Å². The highest BCUT2D eigenvalue weighted by atomic mass is 16.1. The maximum Gasteiger partial charge on any atom is 0.252 e. The predicted octanol–water partition coefficient (Wildman–Crippen LogP) is 0.523. The van der Waals surface area contributed by atoms with E-state index in [2.05, 4.69) is 14.9 Å². The van der Waals surface area contributed by atoms with Gasteiger partial charge in [0, 0.05) is 31.4 Å². The summed E-state index contributed by atoms with van der Waals surface area (Å²) in [4.78, 5) is 23.3. The molecule has 0 spiro atoms. The Morgan fingerprint density at radius 1 is 1.29 bits per heavy atom. The van der Waals surface area contributed by atoms with Gasteiger partial charge in [0.15, 0.2) is 5.65 Å². The van der Waals surface area contributed by atoms with E-state index in [0.717, 1.165) is 43.7 Å². The van der Waals surface area contributed by atoms with Crippen LogP contribution in [0, 0.1) is 6.92 Å². The molecule has 1 fully saturated rings. The van der Waals surface area contributed by atoms with E-state index in [9.17, 15) is 4.79 Å². The minimum atomic E-state index is -0.0175. The third kappa shape index (κ3) is 3.11. The van der Waals surface area contributed by atoms with Gasteiger partial charge in [0.25, 0.3) is 5.56 Å². The highest BCUT2D eigenvalue weighted by molar-refractivity contribution is 5.69. The molecule has 0 atom stereocenters. The van der Waals surface area contributed by atoms with Gasteiger partial charge >= 0.3 is 0 Å². The molecule has 0 unspecified atom stereocenters. The van der Waals surface area contributed by atoms with Crippen molar-refractivity contribution < 1.29 is 0 Å². The van der Waals surface area contributed by atoms with Crippen molar-refractivity contribution in [2.45, 2.75) is 32.4 Å². The summed E-state index contributed by atoms with van der Waals surface area (Å²) in [6.45, 7) is 5.39. The topological polar surface area (TPSA) is 77.0 Å². The van der Waals surface area contributed by atoms with E-state index < -0.39 is 0 Å². The van der Waals surface area contributed by atoms with E-state index >= 15 is 0 Å². The van der Waals surface area contributed by atoms with Crippen molar-refractivity contribution in [1.82, 2.24) is 19.4 Å². The van der Waals surface area contributed by atoms with E-state index in [0.29, 0.717) is 18.2 Å². The Balaban J connectivity index is 1.81. The Bertz CT molecular complexity index is 688. The van der Waals surface area contributed by atoms with Crippen LogP contribution in [-0.4, -0.2) is 45.1 Å². The number of hydrogen-bond donors (Lipinski definition) is 1. The number of hydrogen-bond acceptors (Lipinski definition) is 5. The van der Waals surface area contributed by atoms with Gasteiger partial charge in [-0.15, -0.1) is 0 Å². The predicted molar refractivity (Wildman–Crippen MR) is 82.2 cm³/mol. The molecule has 2 N–H and O–H groups in total. The summed E-state index contributed by atoms with van der Waals surface area (Å²) >= 11 is 0. The second kappa shape index (κ2) is 5.91. The van der Waals surface area contributed by atoms with Crippen LogP contribution in [0.3, 0.4) is 0 Å². The van der Waals surface area contributed by atoms with Crippen molar-refractivity contribution in [2.24, 2.45) is 5.73 Å². The van der Waals surface area contributed by atoms with Gasteiger partial charge in [-0.1, -0.05) is 0 Å². The molecule has 21 heavy (non-hydrogen) atoms. The Morgan fingerprint density at radius 3 is 2.81 bits per heavy atom. The molecular formula is C15H21N5O. The van der Waals surface area contributed by atoms with Gasteiger partial charge in [-0.25, -0.2) is 4.98 Å². The smallest absolute Gasteiger partial charge is 0.252 e. The molecule has 0 saturated carbocycles. The summed E-state index contributed by atoms with van der Waals surface area (Å²) in [5.41, 5.74) is 8.17. The molecule has 0 aliphatic carbocycles. The maximum atomic E-state index is 12.1. The van der Waals surface area contributed by atoms with E-state index in [1.54, 1.807) is 22.9 Å². The minimum Gasteiger partial charge on any atom is -0.328 e. The van der Waals surface area contributed by atoms with Gasteiger partial charge in [0.1, 0.15) is 5.52 Å². The third-order valence-electron chi connectivity index (χ3n) is 4.08. The molecule has 2 aromatic heterocycles. The van der Waals surface area contributed by atoms with Gasteiger partial charge in [-0.05, 0) is 38.9 Å². The normalized spacial score (nSPS) is 17.4. The quantitative estimate of drug-likeness (QED) is 0.890. The zero-order valence-electron chi connectivity index (χ0n) is 12.3. The second-order valence-electron chi connectivity index (χ2n) is 5.72. The Hall–Kier alpha value is -1.79. The molecule has 3 heterocycles. The lowest BCUT2D eigenvalue weighted by Gasteiger charge is -2.30. The molecular weight excluding hydrogens is 266 g/mol. The first-order valence-corrected chi connectivity index (χ1v) is 7.44. The first-order valence-electron chi connectivity index (χ1n) is 7.44. The van der Waals surface area contributed by atoms with Crippen LogP contribution in [0.4, 0.5) is 0 Å². The molecule has 0 amide bonds. The van der Waals surface area contributed by atoms with E-state index in [-0.39, 0.29) is 5.56 Å². The average molecular weight is 287 g/mol. The fourth-order valence-corrected chi connectivity index (χ4v) is 2.77. The number of rotatable bonds is 3. The lowest BCUT2D eigenvalue weighted by atomic mass is 10.1. The first-order chi connectivity index (χ1) is 10.1. The van der Waals surface area contributed by atoms with Crippen LogP contribution >= 0.6 is 0 Å². The van der Waals surface area contributed by atoms with Gasteiger partial charge in [0.05, 0.1) is 5.69 Å². The first kappa shape index (κ1) is 14.2. The fraction of sp³-hybridized carbons (Fsp3) is 0.533. The molecule has 6 heteroatoms. The number of pyridine rings is 1. The highest BCUT2D eigenvalue weighted by Crippen LogP contribution is 2.10. The number of aromatic nitrogens is 3. The van der Waals surface area contributed by atoms with Crippen molar-refractivity contribution in [3.05, 3.63) is 34.4 Å². The van der Waals surface area contributed by atoms with Crippen LogP contribution in [0.5, 0.6) is 0 Å². The van der Waals surface area contributed by atoms with Crippen LogP contribution in [0.15, 0.2) is 23.1 Å². The molecule has 112 valence electrons. The second-order valence-corrected chi connectivity index (χ2v) is 5.72. The molecule has 1 aliphatic rings. The zero-order valence-corrected chi connectivity index (χ0v) is 12.3. The Morgan fingerprint density at radius 2 is 2.05 bits per heavy atom. The van der Waals surface area contributed by atoms with Crippen LogP contribution in [0.1, 0.15) is 18.5 Å². The van der Waals surface area contributed by atoms with Crippen molar-refractivity contribution in [2.75, 3.05) is 19.6 Å². The largest absolute Gasteiger partial charge is 0.328 e. The van der Waals surface area contributed by atoms with E-state index in [4.69, 9.17) is 5.73 Å². The van der Waals surface area contributed by atoms with Crippen molar-refractivity contribution in [3.8, 4) is 0 Å². The van der Waals surface area contributed by atoms with Crippen LogP contribution < -0.4 is 11.3 Å². The molecule has 0 radical (unpaired) electrons. The van der Waals surface area contributed by atoms with E-state index in [1.165, 1.54) is 0 Å². The van der Waals surface area contributed by atoms with Crippen molar-refractivity contribution in [1.29, 1.82) is 0 Å². The summed E-state index contributed by atoms with van der Waals surface area (Å²) in [5.74, 6) is 0. The maximum absolute atomic E-state index is 12.1. The van der Waals surface area contributed by atoms with Gasteiger partial charge in [-0.2, -0.15) is 0 Å². The molecule has 0 aromatic carbocycles. The Labute approximate surface area is 123 Å². The summed E-state index contributed by atoms with van der Waals surface area (Å²) < 4.78 is 1.73. The SMILES string of the molecule is Cc1cnc2ccc(=O)n(CCN3CCC(N)CC3)c2n1. The number of fused-ring (bicyclic) bond motifs is 1. The lowest BCUT2D eigenvalue weighted by Crippen LogP contribution is -2.41. The van der Waals surface area contributed by atoms with E-state index in [1.807, 2.05) is 6.92 Å². The monoisotopic (exact) mass is 287 g/mol. The van der Waals surface area contributed by atoms with Gasteiger partial charge < -0.3 is 10.6 Å². The summed E-state index contributed by atoms with van der Waals surface area (Å²) in [7, 11) is 0. The number of likely N-dealkylation sites (tertiary alicyclic amines) is 1. The lowest BCUT2D eigenvalue weighted by molar-refractivity contribution is 0.206. The average Bonchev–Trinajstić information content (AvgIpc) is 2.48. The summed E-state index contributed by atoms with van der Waals surface area (Å²) in [5, 5.41) is 0. The molecule has 1 saturated heterocycles. The molecule has 0 bridgehead atoms. The number of piperidine rings is 1. The number of nitrogens with zero attached hydrogens (tertiary/aromatic N) is 4. The Kier molecular flexibility index (Phi) is 3.98. The van der Waals surface area contributed by atoms with Crippen LogP contribution in [0.2, 0.25) is 0 Å². The molecule has 1 aliphatic heterocycles. The summed E-state index contributed by atoms with van der Waals surface area (Å²) in [6.07, 6.45) is 3.79. The van der Waals surface area contributed by atoms with Crippen LogP contribution in [-0.2, 0) is 6.54 Å². The highest BCUT2D eigenvalue weighted by Gasteiger charge is 2.16. The standard InChI is InChI=1S/C15H21N5O/c1-11-10-17-13-2-3-14(21)20(15(13)18-11)9-8-19-6-4-12(16)5-7-19/h2-3,10,12H,4-9,16H2,1H3. The molecule has 2 aromatic rings.